The van der Waals surface area contributed by atoms with Gasteiger partial charge in [-0.15, -0.1) is 0 Å². The number of carbonyl (C=O) groups is 2. The molecule has 6 nitrogen and oxygen atoms in total. The van der Waals surface area contributed by atoms with Crippen molar-refractivity contribution in [3.63, 3.8) is 0 Å². The summed E-state index contributed by atoms with van der Waals surface area (Å²) in [4.78, 5) is 28.6. The van der Waals surface area contributed by atoms with Gasteiger partial charge in [-0.3, -0.25) is 9.59 Å². The lowest BCUT2D eigenvalue weighted by Gasteiger charge is -2.10. The molecule has 0 saturated carbocycles. The van der Waals surface area contributed by atoms with Gasteiger partial charge in [-0.2, -0.15) is 0 Å². The highest BCUT2D eigenvalue weighted by molar-refractivity contribution is 6.05. The number of hydrogen-bond donors (Lipinski definition) is 3. The maximum Gasteiger partial charge on any atom is 0.255 e. The fourth-order valence-electron chi connectivity index (χ4n) is 2.57. The molecule has 0 aliphatic rings. The minimum absolute atomic E-state index is 0.218. The van der Waals surface area contributed by atoms with Crippen molar-refractivity contribution in [2.45, 2.75) is 6.04 Å². The molecule has 0 aliphatic carbocycles. The highest BCUT2D eigenvalue weighted by Crippen LogP contribution is 2.17. The number of nitrogens with zero attached hydrogens (tertiary/aromatic N) is 1. The van der Waals surface area contributed by atoms with Crippen LogP contribution < -0.4 is 16.8 Å². The van der Waals surface area contributed by atoms with E-state index in [-0.39, 0.29) is 17.5 Å². The van der Waals surface area contributed by atoms with Gasteiger partial charge in [0.2, 0.25) is 0 Å². The van der Waals surface area contributed by atoms with Crippen LogP contribution in [0.5, 0.6) is 0 Å². The Morgan fingerprint density at radius 3 is 2.36 bits per heavy atom. The molecule has 5 N–H and O–H groups in total. The van der Waals surface area contributed by atoms with Crippen LogP contribution in [0.4, 0.5) is 11.5 Å². The molecule has 1 amide bonds. The topological polar surface area (TPSA) is 111 Å². The summed E-state index contributed by atoms with van der Waals surface area (Å²) in [5.41, 5.74) is 14.2. The molecule has 3 aromatic rings. The number of carbonyl (C=O) groups excluding carboxylic acids is 2. The van der Waals surface area contributed by atoms with E-state index in [9.17, 15) is 9.59 Å². The molecule has 0 bridgehead atoms. The van der Waals surface area contributed by atoms with Gasteiger partial charge < -0.3 is 16.8 Å². The molecule has 1 aromatic heterocycles. The molecule has 140 valence electrons. The fourth-order valence-corrected chi connectivity index (χ4v) is 2.57. The molecule has 0 radical (unpaired) electrons. The van der Waals surface area contributed by atoms with E-state index >= 15 is 0 Å². The number of nitrogens with one attached hydrogen (secondary N) is 1. The normalized spacial score (nSPS) is 11.9. The number of pyridine rings is 1. The predicted molar refractivity (Wildman–Crippen MR) is 110 cm³/mol. The van der Waals surface area contributed by atoms with Crippen LogP contribution in [-0.2, 0) is 4.79 Å². The van der Waals surface area contributed by atoms with Crippen molar-refractivity contribution in [1.29, 1.82) is 0 Å². The number of nitrogens with two attached hydrogens (primary N) is 2. The second kappa shape index (κ2) is 8.75. The van der Waals surface area contributed by atoms with Crippen LogP contribution in [0, 0.1) is 0 Å². The molecule has 6 heteroatoms. The van der Waals surface area contributed by atoms with Crippen molar-refractivity contribution in [3.8, 4) is 0 Å². The number of hydrogen-bond acceptors (Lipinski definition) is 5. The first-order chi connectivity index (χ1) is 13.5. The van der Waals surface area contributed by atoms with Crippen LogP contribution in [0.1, 0.15) is 27.5 Å². The minimum atomic E-state index is -0.800. The molecule has 1 heterocycles. The van der Waals surface area contributed by atoms with Crippen molar-refractivity contribution in [3.05, 3.63) is 95.7 Å². The van der Waals surface area contributed by atoms with Gasteiger partial charge in [0.25, 0.3) is 5.91 Å². The summed E-state index contributed by atoms with van der Waals surface area (Å²) >= 11 is 0. The first-order valence-electron chi connectivity index (χ1n) is 8.69. The van der Waals surface area contributed by atoms with Gasteiger partial charge >= 0.3 is 0 Å². The maximum absolute atomic E-state index is 12.3. The van der Waals surface area contributed by atoms with E-state index in [2.05, 4.69) is 10.3 Å². The molecular weight excluding hydrogens is 352 g/mol. The Balaban J connectivity index is 1.66. The third-order valence-electron chi connectivity index (χ3n) is 4.16. The zero-order chi connectivity index (χ0) is 19.9. The summed E-state index contributed by atoms with van der Waals surface area (Å²) < 4.78 is 0. The van der Waals surface area contributed by atoms with Gasteiger partial charge in [-0.05, 0) is 41.5 Å². The Labute approximate surface area is 162 Å². The lowest BCUT2D eigenvalue weighted by Crippen LogP contribution is -2.20. The molecule has 28 heavy (non-hydrogen) atoms. The fraction of sp³-hybridized carbons (Fsp3) is 0.0455. The molecule has 1 unspecified atom stereocenters. The molecular formula is C22H20N4O2. The Morgan fingerprint density at radius 1 is 0.964 bits per heavy atom. The Bertz CT molecular complexity index is 999. The number of ketones is 1. The van der Waals surface area contributed by atoms with Crippen LogP contribution >= 0.6 is 0 Å². The monoisotopic (exact) mass is 372 g/mol. The molecule has 0 fully saturated rings. The largest absolute Gasteiger partial charge is 0.382 e. The van der Waals surface area contributed by atoms with Crippen LogP contribution in [0.2, 0.25) is 0 Å². The molecule has 0 spiro atoms. The van der Waals surface area contributed by atoms with Gasteiger partial charge in [-0.25, -0.2) is 4.98 Å². The quantitative estimate of drug-likeness (QED) is 0.575. The molecule has 3 rings (SSSR count). The van der Waals surface area contributed by atoms with Crippen molar-refractivity contribution in [1.82, 2.24) is 4.98 Å². The smallest absolute Gasteiger partial charge is 0.255 e. The molecule has 0 aliphatic heterocycles. The third-order valence-corrected chi connectivity index (χ3v) is 4.16. The van der Waals surface area contributed by atoms with E-state index < -0.39 is 6.04 Å². The van der Waals surface area contributed by atoms with E-state index in [4.69, 9.17) is 11.5 Å². The van der Waals surface area contributed by atoms with Crippen molar-refractivity contribution < 1.29 is 9.59 Å². The van der Waals surface area contributed by atoms with Gasteiger partial charge in [0.05, 0.1) is 11.7 Å². The van der Waals surface area contributed by atoms with E-state index in [1.54, 1.807) is 48.7 Å². The van der Waals surface area contributed by atoms with E-state index in [1.807, 2.05) is 30.3 Å². The van der Waals surface area contributed by atoms with Crippen molar-refractivity contribution in [2.24, 2.45) is 5.73 Å². The standard InChI is InChI=1S/C22H20N4O2/c23-20(19(27)13-8-15-5-2-1-3-6-15)16-9-11-17(12-10-16)22(28)26-18-7-4-14-25-21(18)24/h1-14,20H,23H2,(H2,24,25)(H,26,28). The molecule has 1 atom stereocenters. The number of nitrogen functional groups attached to an aromatic ring is 1. The lowest BCUT2D eigenvalue weighted by atomic mass is 10.0. The summed E-state index contributed by atoms with van der Waals surface area (Å²) in [7, 11) is 0. The molecule has 0 saturated heterocycles. The van der Waals surface area contributed by atoms with Gasteiger partial charge in [0.1, 0.15) is 5.82 Å². The minimum Gasteiger partial charge on any atom is -0.382 e. The highest BCUT2D eigenvalue weighted by Gasteiger charge is 2.14. The Hall–Kier alpha value is -3.77. The zero-order valence-electron chi connectivity index (χ0n) is 15.1. The summed E-state index contributed by atoms with van der Waals surface area (Å²) in [6.07, 6.45) is 4.73. The average Bonchev–Trinajstić information content (AvgIpc) is 2.74. The zero-order valence-corrected chi connectivity index (χ0v) is 15.1. The number of anilines is 2. The highest BCUT2D eigenvalue weighted by atomic mass is 16.1. The Morgan fingerprint density at radius 2 is 1.68 bits per heavy atom. The van der Waals surface area contributed by atoms with Crippen LogP contribution in [0.3, 0.4) is 0 Å². The molecule has 2 aromatic carbocycles. The first-order valence-corrected chi connectivity index (χ1v) is 8.69. The number of aromatic nitrogens is 1. The van der Waals surface area contributed by atoms with Gasteiger partial charge in [0, 0.05) is 11.8 Å². The number of rotatable bonds is 6. The lowest BCUT2D eigenvalue weighted by molar-refractivity contribution is -0.115. The van der Waals surface area contributed by atoms with Gasteiger partial charge in [-0.1, -0.05) is 48.5 Å². The summed E-state index contributed by atoms with van der Waals surface area (Å²) in [5.74, 6) is -0.301. The van der Waals surface area contributed by atoms with Crippen LogP contribution in [0.25, 0.3) is 6.08 Å². The van der Waals surface area contributed by atoms with Crippen LogP contribution in [-0.4, -0.2) is 16.7 Å². The second-order valence-corrected chi connectivity index (χ2v) is 6.14. The number of amides is 1. The SMILES string of the molecule is Nc1ncccc1NC(=O)c1ccc(C(N)C(=O)C=Cc2ccccc2)cc1. The van der Waals surface area contributed by atoms with Crippen molar-refractivity contribution in [2.75, 3.05) is 11.1 Å². The predicted octanol–water partition coefficient (Wildman–Crippen LogP) is 3.20. The first kappa shape index (κ1) is 19.0. The van der Waals surface area contributed by atoms with Gasteiger partial charge in [0.15, 0.2) is 5.78 Å². The van der Waals surface area contributed by atoms with E-state index in [1.165, 1.54) is 6.08 Å². The second-order valence-electron chi connectivity index (χ2n) is 6.14. The summed E-state index contributed by atoms with van der Waals surface area (Å²) in [5, 5.41) is 2.70. The third kappa shape index (κ3) is 4.69. The number of benzene rings is 2. The van der Waals surface area contributed by atoms with E-state index in [0.717, 1.165) is 5.56 Å². The summed E-state index contributed by atoms with van der Waals surface area (Å²) in [6.45, 7) is 0. The van der Waals surface area contributed by atoms with Crippen molar-refractivity contribution >= 4 is 29.3 Å². The maximum atomic E-state index is 12.3. The average molecular weight is 372 g/mol. The Kier molecular flexibility index (Phi) is 5.94. The van der Waals surface area contributed by atoms with Crippen LogP contribution in [0.15, 0.2) is 79.0 Å². The summed E-state index contributed by atoms with van der Waals surface area (Å²) in [6, 6.07) is 18.6. The van der Waals surface area contributed by atoms with E-state index in [0.29, 0.717) is 16.8 Å².